The summed E-state index contributed by atoms with van der Waals surface area (Å²) in [7, 11) is 0. The van der Waals surface area contributed by atoms with Crippen molar-refractivity contribution in [2.75, 3.05) is 52.5 Å². The van der Waals surface area contributed by atoms with Gasteiger partial charge in [-0.25, -0.2) is 0 Å². The number of halogens is 1. The molecule has 0 aliphatic heterocycles. The maximum Gasteiger partial charge on any atom is 0.257 e. The summed E-state index contributed by atoms with van der Waals surface area (Å²) in [4.78, 5) is 52.1. The van der Waals surface area contributed by atoms with Crippen LogP contribution < -0.4 is 25.4 Å². The smallest absolute Gasteiger partial charge is 0.257 e. The van der Waals surface area contributed by atoms with Gasteiger partial charge < -0.3 is 34.7 Å². The lowest BCUT2D eigenvalue weighted by Gasteiger charge is -2.39. The van der Waals surface area contributed by atoms with Crippen LogP contribution in [0.5, 0.6) is 11.5 Å². The van der Waals surface area contributed by atoms with Crippen molar-refractivity contribution >= 4 is 34.3 Å². The molecule has 1 aromatic heterocycles. The summed E-state index contributed by atoms with van der Waals surface area (Å²) in [5.41, 5.74) is 0.295. The number of nitrogens with one attached hydrogen (secondary N) is 3. The molecule has 2 atom stereocenters. The molecule has 1 amide bonds. The van der Waals surface area contributed by atoms with Crippen LogP contribution >= 0.6 is 11.6 Å². The van der Waals surface area contributed by atoms with Gasteiger partial charge in [0.25, 0.3) is 5.91 Å². The van der Waals surface area contributed by atoms with Crippen molar-refractivity contribution in [2.45, 2.75) is 85.5 Å². The summed E-state index contributed by atoms with van der Waals surface area (Å²) in [5, 5.41) is 17.3. The normalized spacial score (nSPS) is 14.1. The summed E-state index contributed by atoms with van der Waals surface area (Å²) < 4.78 is 18.1. The second kappa shape index (κ2) is 20.3. The molecule has 0 saturated heterocycles. The molecule has 3 aromatic carbocycles. The van der Waals surface area contributed by atoms with Gasteiger partial charge in [0, 0.05) is 64.2 Å². The fourth-order valence-corrected chi connectivity index (χ4v) is 6.19. The predicted octanol–water partition coefficient (Wildman–Crippen LogP) is 8.25. The van der Waals surface area contributed by atoms with E-state index in [9.17, 15) is 19.4 Å². The van der Waals surface area contributed by atoms with Crippen molar-refractivity contribution in [3.63, 3.8) is 0 Å². The number of fused-ring (bicyclic) bond motifs is 1. The Hall–Kier alpha value is -4.69. The highest BCUT2D eigenvalue weighted by Gasteiger charge is 2.35. The number of rotatable bonds is 24. The fraction of sp³-hybridized carbons (Fsp3) is 0.500. The van der Waals surface area contributed by atoms with Crippen molar-refractivity contribution in [3.05, 3.63) is 92.7 Å². The number of hydrogen-bond donors (Lipinski definition) is 3. The summed E-state index contributed by atoms with van der Waals surface area (Å²) in [6.45, 7) is 21.5. The van der Waals surface area contributed by atoms with Crippen LogP contribution in [0.2, 0.25) is 5.02 Å². The van der Waals surface area contributed by atoms with Crippen molar-refractivity contribution in [3.8, 4) is 22.8 Å². The number of carbonyl (C=O) groups is 2. The molecule has 0 radical (unpaired) electrons. The van der Waals surface area contributed by atoms with Gasteiger partial charge in [-0.2, -0.15) is 9.81 Å². The zero-order valence-corrected chi connectivity index (χ0v) is 36.0. The van der Waals surface area contributed by atoms with E-state index in [4.69, 9.17) is 25.5 Å². The Kier molecular flexibility index (Phi) is 16.1. The average Bonchev–Trinajstić information content (AvgIpc) is 3.60. The third-order valence-corrected chi connectivity index (χ3v) is 11.3. The van der Waals surface area contributed by atoms with Crippen LogP contribution in [0.25, 0.3) is 22.3 Å². The minimum Gasteiger partial charge on any atom is -0.492 e. The number of amides is 1. The number of nitrogens with zero attached hydrogens (tertiary/aromatic N) is 3. The third kappa shape index (κ3) is 12.2. The van der Waals surface area contributed by atoms with E-state index in [0.717, 1.165) is 19.6 Å². The predicted molar refractivity (Wildman–Crippen MR) is 231 cm³/mol. The van der Waals surface area contributed by atoms with Gasteiger partial charge in [-0.3, -0.25) is 9.59 Å². The zero-order valence-electron chi connectivity index (χ0n) is 35.2. The van der Waals surface area contributed by atoms with E-state index in [-0.39, 0.29) is 24.8 Å². The van der Waals surface area contributed by atoms with Gasteiger partial charge in [0.2, 0.25) is 0 Å². The highest BCUT2D eigenvalue weighted by Crippen LogP contribution is 2.37. The van der Waals surface area contributed by atoms with Crippen molar-refractivity contribution in [1.29, 1.82) is 0 Å². The first-order valence-electron chi connectivity index (χ1n) is 19.8. The third-order valence-electron chi connectivity index (χ3n) is 11.1. The molecule has 0 saturated carbocycles. The van der Waals surface area contributed by atoms with Crippen molar-refractivity contribution in [2.24, 2.45) is 15.8 Å². The monoisotopic (exact) mass is 818 g/mol. The number of furan rings is 1. The molecular formula is C44H59ClN6O7. The molecule has 0 aliphatic rings. The first-order valence-corrected chi connectivity index (χ1v) is 20.2. The van der Waals surface area contributed by atoms with Crippen LogP contribution in [0.3, 0.4) is 0 Å². The first kappa shape index (κ1) is 46.0. The van der Waals surface area contributed by atoms with Gasteiger partial charge in [0.1, 0.15) is 41.5 Å². The molecule has 0 bridgehead atoms. The van der Waals surface area contributed by atoms with E-state index in [1.807, 2.05) is 34.6 Å². The molecule has 4 rings (SSSR count). The minimum atomic E-state index is -0.592. The van der Waals surface area contributed by atoms with Crippen LogP contribution in [-0.2, 0) is 4.79 Å². The SMILES string of the molecule is CCN(CC)CCOc1ccc(C(=O)c2c(-c3ccc(OCC(=O)NCC(C)(CNC(C)(C)C(C)N=O)CNC(C)(C)C(C)N=O)cc3)oc3ccc(Cl)cc23)cc1. The minimum absolute atomic E-state index is 0.225. The van der Waals surface area contributed by atoms with Crippen molar-refractivity contribution < 1.29 is 23.5 Å². The second-order valence-corrected chi connectivity index (χ2v) is 16.7. The summed E-state index contributed by atoms with van der Waals surface area (Å²) >= 11 is 6.38. The van der Waals surface area contributed by atoms with E-state index in [2.05, 4.69) is 45.1 Å². The maximum absolute atomic E-state index is 14.1. The number of likely N-dealkylation sites (N-methyl/N-ethyl adjacent to an activating group) is 1. The van der Waals surface area contributed by atoms with Gasteiger partial charge in [-0.1, -0.05) is 42.7 Å². The van der Waals surface area contributed by atoms with E-state index in [1.54, 1.807) is 80.6 Å². The second-order valence-electron chi connectivity index (χ2n) is 16.3. The summed E-state index contributed by atoms with van der Waals surface area (Å²) in [6, 6.07) is 18.3. The van der Waals surface area contributed by atoms with Gasteiger partial charge >= 0.3 is 0 Å². The molecule has 0 fully saturated rings. The lowest BCUT2D eigenvalue weighted by molar-refractivity contribution is -0.123. The summed E-state index contributed by atoms with van der Waals surface area (Å²) in [6.07, 6.45) is 0. The Morgan fingerprint density at radius 1 is 0.793 bits per heavy atom. The number of benzene rings is 3. The van der Waals surface area contributed by atoms with Crippen LogP contribution in [0.4, 0.5) is 0 Å². The lowest BCUT2D eigenvalue weighted by atomic mass is 9.85. The number of nitroso groups, excluding NO2 is 2. The van der Waals surface area contributed by atoms with Crippen LogP contribution in [-0.4, -0.2) is 92.2 Å². The standard InChI is InChI=1S/C44H59ClN6O7/c1-10-51(11-2)22-23-56-34-17-12-31(13-18-34)40(53)39-36-24-33(45)16-21-37(36)58-41(39)32-14-19-35(20-15-32)57-25-38(52)46-26-44(9,27-47-42(5,6)29(3)49-54)28-48-43(7,8)30(4)50-55/h12-21,24,29-30,47-48H,10-11,22-23,25-28H2,1-9H3,(H,46,52). The Bertz CT molecular complexity index is 1960. The molecule has 1 heterocycles. The Morgan fingerprint density at radius 2 is 1.34 bits per heavy atom. The number of ether oxygens (including phenoxy) is 2. The molecule has 0 aliphatic carbocycles. The molecule has 0 spiro atoms. The highest BCUT2D eigenvalue weighted by molar-refractivity contribution is 6.32. The van der Waals surface area contributed by atoms with E-state index in [1.165, 1.54) is 0 Å². The van der Waals surface area contributed by atoms with E-state index >= 15 is 0 Å². The average molecular weight is 819 g/mol. The van der Waals surface area contributed by atoms with E-state index in [0.29, 0.717) is 69.6 Å². The number of ketones is 1. The Labute approximate surface area is 346 Å². The van der Waals surface area contributed by atoms with Crippen LogP contribution in [0.15, 0.2) is 81.5 Å². The molecule has 3 N–H and O–H groups in total. The molecule has 58 heavy (non-hydrogen) atoms. The van der Waals surface area contributed by atoms with Crippen molar-refractivity contribution in [1.82, 2.24) is 20.9 Å². The number of hydrogen-bond acceptors (Lipinski definition) is 12. The highest BCUT2D eigenvalue weighted by atomic mass is 35.5. The zero-order chi connectivity index (χ0) is 42.7. The molecule has 14 heteroatoms. The molecule has 4 aromatic rings. The summed E-state index contributed by atoms with van der Waals surface area (Å²) in [5.74, 6) is 0.957. The van der Waals surface area contributed by atoms with Gasteiger partial charge in [0.15, 0.2) is 12.4 Å². The quantitative estimate of drug-likeness (QED) is 0.0463. The fourth-order valence-electron chi connectivity index (χ4n) is 6.02. The van der Waals surface area contributed by atoms with E-state index < -0.39 is 28.6 Å². The van der Waals surface area contributed by atoms with Gasteiger partial charge in [0.05, 0.1) is 5.56 Å². The topological polar surface area (TPSA) is 164 Å². The van der Waals surface area contributed by atoms with Crippen LogP contribution in [0, 0.1) is 15.2 Å². The lowest BCUT2D eigenvalue weighted by Crippen LogP contribution is -2.58. The van der Waals surface area contributed by atoms with Crippen LogP contribution in [0.1, 0.15) is 78.2 Å². The largest absolute Gasteiger partial charge is 0.492 e. The first-order chi connectivity index (χ1) is 27.5. The van der Waals surface area contributed by atoms with Gasteiger partial charge in [-0.15, -0.1) is 0 Å². The Balaban J connectivity index is 1.45. The Morgan fingerprint density at radius 3 is 1.90 bits per heavy atom. The molecule has 13 nitrogen and oxygen atoms in total. The molecule has 2 unspecified atom stereocenters. The van der Waals surface area contributed by atoms with Gasteiger partial charge in [-0.05, 0) is 121 Å². The molecular weight excluding hydrogens is 760 g/mol. The number of carbonyl (C=O) groups excluding carboxylic acids is 2. The molecule has 314 valence electrons. The maximum atomic E-state index is 14.1.